The van der Waals surface area contributed by atoms with Crippen molar-refractivity contribution in [3.05, 3.63) is 53.3 Å². The van der Waals surface area contributed by atoms with Gasteiger partial charge in [-0.1, -0.05) is 25.1 Å². The standard InChI is InChI=1S/C29H37FN2O8/c1-15-25(34)26(35)28(40-29(15,3)38-4)39-20-7-5-17(9-10-31-16(2)33)22(13-20)18-6-8-21(23(30)11-18)19-12-24(27(36)37)32-14-19/h5-8,11,13,15,19,24-26,28,32,34-35H,9-10,12,14H2,1-4H3,(H,31,33)(H,36,37)/t15?,19?,24-,25?,26?,28?,29?/m0/s1. The number of benzene rings is 2. The minimum absolute atomic E-state index is 0.167. The predicted octanol–water partition coefficient (Wildman–Crippen LogP) is 2.16. The number of aliphatic hydroxyl groups excluding tert-OH is 2. The van der Waals surface area contributed by atoms with Gasteiger partial charge in [0.1, 0.15) is 23.7 Å². The highest BCUT2D eigenvalue weighted by atomic mass is 19.1. The van der Waals surface area contributed by atoms with Crippen LogP contribution in [0.15, 0.2) is 36.4 Å². The van der Waals surface area contributed by atoms with Crippen LogP contribution in [0.1, 0.15) is 44.2 Å². The van der Waals surface area contributed by atoms with Crippen molar-refractivity contribution in [2.45, 2.75) is 69.9 Å². The Bertz CT molecular complexity index is 1240. The molecular weight excluding hydrogens is 523 g/mol. The maximum absolute atomic E-state index is 15.4. The maximum Gasteiger partial charge on any atom is 0.320 e. The number of aliphatic hydroxyl groups is 2. The molecule has 0 saturated carbocycles. The van der Waals surface area contributed by atoms with Gasteiger partial charge in [0.2, 0.25) is 12.2 Å². The van der Waals surface area contributed by atoms with Crippen molar-refractivity contribution in [1.29, 1.82) is 0 Å². The first-order valence-electron chi connectivity index (χ1n) is 13.3. The van der Waals surface area contributed by atoms with Gasteiger partial charge in [-0.25, -0.2) is 4.39 Å². The van der Waals surface area contributed by atoms with Gasteiger partial charge >= 0.3 is 5.97 Å². The number of nitrogens with one attached hydrogen (secondary N) is 2. The summed E-state index contributed by atoms with van der Waals surface area (Å²) < 4.78 is 32.7. The summed E-state index contributed by atoms with van der Waals surface area (Å²) in [5.41, 5.74) is 2.47. The van der Waals surface area contributed by atoms with Crippen LogP contribution in [0.3, 0.4) is 0 Å². The first kappa shape index (κ1) is 29.9. The number of carbonyl (C=O) groups is 2. The Balaban J connectivity index is 1.63. The third-order valence-electron chi connectivity index (χ3n) is 8.01. The van der Waals surface area contributed by atoms with E-state index in [1.807, 2.05) is 0 Å². The first-order valence-corrected chi connectivity index (χ1v) is 13.3. The molecule has 2 aliphatic heterocycles. The molecule has 2 saturated heterocycles. The summed E-state index contributed by atoms with van der Waals surface area (Å²) in [6.07, 6.45) is -2.97. The number of carbonyl (C=O) groups excluding carboxylic acids is 1. The van der Waals surface area contributed by atoms with Crippen LogP contribution in [0.4, 0.5) is 4.39 Å². The summed E-state index contributed by atoms with van der Waals surface area (Å²) >= 11 is 0. The predicted molar refractivity (Wildman–Crippen MR) is 143 cm³/mol. The Hall–Kier alpha value is -3.09. The van der Waals surface area contributed by atoms with E-state index in [0.717, 1.165) is 5.56 Å². The Morgan fingerprint density at radius 3 is 2.58 bits per heavy atom. The third-order valence-corrected chi connectivity index (χ3v) is 8.01. The highest BCUT2D eigenvalue weighted by Crippen LogP contribution is 2.38. The normalized spacial score (nSPS) is 30.2. The molecule has 0 aliphatic carbocycles. The number of rotatable bonds is 9. The van der Waals surface area contributed by atoms with Gasteiger partial charge in [-0.3, -0.25) is 9.59 Å². The molecule has 4 rings (SSSR count). The molecule has 2 aromatic rings. The van der Waals surface area contributed by atoms with E-state index in [0.29, 0.717) is 48.4 Å². The lowest BCUT2D eigenvalue weighted by Crippen LogP contribution is -2.61. The second-order valence-corrected chi connectivity index (χ2v) is 10.6. The molecule has 7 atom stereocenters. The van der Waals surface area contributed by atoms with Gasteiger partial charge in [0.25, 0.3) is 0 Å². The second-order valence-electron chi connectivity index (χ2n) is 10.6. The van der Waals surface area contributed by atoms with E-state index in [1.165, 1.54) is 20.1 Å². The third kappa shape index (κ3) is 6.29. The molecule has 11 heteroatoms. The minimum Gasteiger partial charge on any atom is -0.480 e. The Morgan fingerprint density at radius 1 is 1.20 bits per heavy atom. The molecular formula is C29H37FN2O8. The van der Waals surface area contributed by atoms with E-state index in [2.05, 4.69) is 10.6 Å². The zero-order valence-electron chi connectivity index (χ0n) is 23.0. The molecule has 2 aromatic carbocycles. The topological polar surface area (TPSA) is 147 Å². The summed E-state index contributed by atoms with van der Waals surface area (Å²) in [6, 6.07) is 9.30. The average Bonchev–Trinajstić information content (AvgIpc) is 3.41. The van der Waals surface area contributed by atoms with E-state index >= 15 is 4.39 Å². The summed E-state index contributed by atoms with van der Waals surface area (Å²) in [7, 11) is 1.45. The van der Waals surface area contributed by atoms with Crippen LogP contribution in [0.2, 0.25) is 0 Å². The van der Waals surface area contributed by atoms with E-state index in [9.17, 15) is 24.9 Å². The van der Waals surface area contributed by atoms with Crippen molar-refractivity contribution in [3.63, 3.8) is 0 Å². The number of carboxylic acid groups (broad SMARTS) is 1. The Labute approximate surface area is 232 Å². The lowest BCUT2D eigenvalue weighted by molar-refractivity contribution is -0.363. The van der Waals surface area contributed by atoms with Crippen molar-refractivity contribution in [2.75, 3.05) is 20.2 Å². The van der Waals surface area contributed by atoms with Gasteiger partial charge in [-0.15, -0.1) is 0 Å². The molecule has 40 heavy (non-hydrogen) atoms. The Kier molecular flexibility index (Phi) is 9.11. The lowest BCUT2D eigenvalue weighted by Gasteiger charge is -2.46. The van der Waals surface area contributed by atoms with Gasteiger partial charge in [-0.2, -0.15) is 0 Å². The van der Waals surface area contributed by atoms with Crippen molar-refractivity contribution in [2.24, 2.45) is 5.92 Å². The lowest BCUT2D eigenvalue weighted by atomic mass is 9.88. The molecule has 218 valence electrons. The van der Waals surface area contributed by atoms with Crippen molar-refractivity contribution in [1.82, 2.24) is 10.6 Å². The van der Waals surface area contributed by atoms with Gasteiger partial charge in [0.15, 0.2) is 5.79 Å². The van der Waals surface area contributed by atoms with Crippen LogP contribution >= 0.6 is 0 Å². The van der Waals surface area contributed by atoms with Crippen LogP contribution in [0, 0.1) is 11.7 Å². The molecule has 0 bridgehead atoms. The number of amides is 1. The SMILES string of the molecule is COC1(C)OC(Oc2ccc(CCNC(C)=O)c(-c3ccc(C4CN[C@H](C(=O)O)C4)c(F)c3)c2)C(O)C(O)C1C. The number of carboxylic acids is 1. The summed E-state index contributed by atoms with van der Waals surface area (Å²) in [5.74, 6) is -3.25. The largest absolute Gasteiger partial charge is 0.480 e. The van der Waals surface area contributed by atoms with E-state index in [4.69, 9.17) is 14.2 Å². The molecule has 6 unspecified atom stereocenters. The monoisotopic (exact) mass is 560 g/mol. The van der Waals surface area contributed by atoms with Crippen molar-refractivity contribution < 1.29 is 43.5 Å². The fraction of sp³-hybridized carbons (Fsp3) is 0.517. The van der Waals surface area contributed by atoms with Gasteiger partial charge in [-0.05, 0) is 60.2 Å². The zero-order valence-corrected chi connectivity index (χ0v) is 23.0. The van der Waals surface area contributed by atoms with Crippen molar-refractivity contribution in [3.8, 4) is 16.9 Å². The molecule has 0 aromatic heterocycles. The number of hydrogen-bond acceptors (Lipinski definition) is 8. The quantitative estimate of drug-likeness (QED) is 0.311. The zero-order chi connectivity index (χ0) is 29.2. The van der Waals surface area contributed by atoms with E-state index < -0.39 is 48.0 Å². The number of hydrogen-bond donors (Lipinski definition) is 5. The van der Waals surface area contributed by atoms with E-state index in [-0.39, 0.29) is 11.8 Å². The summed E-state index contributed by atoms with van der Waals surface area (Å²) in [5, 5.41) is 36.1. The van der Waals surface area contributed by atoms with Crippen LogP contribution in [-0.2, 0) is 25.5 Å². The van der Waals surface area contributed by atoms with Crippen LogP contribution in [0.25, 0.3) is 11.1 Å². The highest BCUT2D eigenvalue weighted by Gasteiger charge is 2.50. The van der Waals surface area contributed by atoms with Crippen LogP contribution in [-0.4, -0.2) is 77.7 Å². The molecule has 0 radical (unpaired) electrons. The average molecular weight is 561 g/mol. The fourth-order valence-corrected chi connectivity index (χ4v) is 5.31. The smallest absolute Gasteiger partial charge is 0.320 e. The number of methoxy groups -OCH3 is 1. The van der Waals surface area contributed by atoms with Gasteiger partial charge in [0.05, 0.1) is 6.10 Å². The van der Waals surface area contributed by atoms with Crippen LogP contribution < -0.4 is 15.4 Å². The molecule has 5 N–H and O–H groups in total. The summed E-state index contributed by atoms with van der Waals surface area (Å²) in [6.45, 7) is 5.53. The number of aliphatic carboxylic acids is 1. The van der Waals surface area contributed by atoms with Gasteiger partial charge in [0, 0.05) is 39.0 Å². The van der Waals surface area contributed by atoms with Crippen LogP contribution in [0.5, 0.6) is 5.75 Å². The molecule has 2 heterocycles. The number of halogens is 1. The van der Waals surface area contributed by atoms with Gasteiger partial charge < -0.3 is 40.2 Å². The highest BCUT2D eigenvalue weighted by molar-refractivity contribution is 5.74. The molecule has 2 fully saturated rings. The summed E-state index contributed by atoms with van der Waals surface area (Å²) in [4.78, 5) is 22.7. The minimum atomic E-state index is -1.34. The first-order chi connectivity index (χ1) is 18.9. The maximum atomic E-state index is 15.4. The van der Waals surface area contributed by atoms with Crippen molar-refractivity contribution >= 4 is 11.9 Å². The molecule has 0 spiro atoms. The fourth-order valence-electron chi connectivity index (χ4n) is 5.31. The molecule has 2 aliphatic rings. The number of ether oxygens (including phenoxy) is 3. The Morgan fingerprint density at radius 2 is 1.95 bits per heavy atom. The second kappa shape index (κ2) is 12.2. The molecule has 1 amide bonds. The molecule has 10 nitrogen and oxygen atoms in total. The van der Waals surface area contributed by atoms with E-state index in [1.54, 1.807) is 44.2 Å².